The molecule has 0 N–H and O–H groups in total. The molecule has 80 valence electrons. The maximum Gasteiger partial charge on any atom is 0.441 e. The van der Waals surface area contributed by atoms with E-state index in [0.29, 0.717) is 0 Å². The molecule has 0 saturated carbocycles. The summed E-state index contributed by atoms with van der Waals surface area (Å²) in [6, 6.07) is 0. The van der Waals surface area contributed by atoms with Crippen molar-refractivity contribution in [3.8, 4) is 0 Å². The Morgan fingerprint density at radius 2 is 1.00 bits per heavy atom. The second-order valence-corrected chi connectivity index (χ2v) is 7.88. The van der Waals surface area contributed by atoms with Gasteiger partial charge in [0.2, 0.25) is 0 Å². The summed E-state index contributed by atoms with van der Waals surface area (Å²) in [6.07, 6.45) is 0.0330. The third-order valence-electron chi connectivity index (χ3n) is 1.42. The number of halogens is 6. The first-order valence-corrected chi connectivity index (χ1v) is 6.59. The van der Waals surface area contributed by atoms with Crippen LogP contribution in [0.3, 0.4) is 0 Å². The molecule has 1 heterocycles. The highest BCUT2D eigenvalue weighted by Crippen LogP contribution is 2.35. The summed E-state index contributed by atoms with van der Waals surface area (Å²) in [5, 5.41) is 0. The van der Waals surface area contributed by atoms with E-state index in [1.165, 1.54) is 0 Å². The minimum atomic E-state index is -4.67. The maximum atomic E-state index is 12.1. The van der Waals surface area contributed by atoms with Crippen molar-refractivity contribution in [1.29, 1.82) is 0 Å². The van der Waals surface area contributed by atoms with Gasteiger partial charge < -0.3 is 0 Å². The van der Waals surface area contributed by atoms with Gasteiger partial charge in [0.1, 0.15) is 0 Å². The highest BCUT2D eigenvalue weighted by atomic mass is 32.9. The van der Waals surface area contributed by atoms with Crippen LogP contribution in [0.2, 0.25) is 0 Å². The van der Waals surface area contributed by atoms with Crippen molar-refractivity contribution in [2.75, 3.05) is 11.5 Å². The van der Waals surface area contributed by atoms with E-state index < -0.39 is 29.9 Å². The van der Waals surface area contributed by atoms with Crippen molar-refractivity contribution in [2.24, 2.45) is 0 Å². The fourth-order valence-corrected chi connectivity index (χ4v) is 6.58. The molecular weight excluding hydrogens is 238 g/mol. The first-order valence-electron chi connectivity index (χ1n) is 3.29. The number of hydrogen-bond donors (Lipinski definition) is 0. The van der Waals surface area contributed by atoms with Gasteiger partial charge in [-0.2, -0.15) is 26.3 Å². The van der Waals surface area contributed by atoms with Crippen LogP contribution >= 0.6 is 0 Å². The van der Waals surface area contributed by atoms with Crippen LogP contribution in [0.5, 0.6) is 0 Å². The van der Waals surface area contributed by atoms with Gasteiger partial charge in [0, 0.05) is 11.5 Å². The van der Waals surface area contributed by atoms with Crippen LogP contribution in [-0.4, -0.2) is 22.5 Å². The number of rotatable bonds is 0. The van der Waals surface area contributed by atoms with Crippen LogP contribution in [0.1, 0.15) is 6.42 Å². The quantitative estimate of drug-likeness (QED) is 0.574. The highest BCUT2D eigenvalue weighted by molar-refractivity contribution is 8.45. The van der Waals surface area contributed by atoms with Crippen LogP contribution in [0.25, 0.3) is 0 Å². The van der Waals surface area contributed by atoms with E-state index in [2.05, 4.69) is 0 Å². The third-order valence-corrected chi connectivity index (χ3v) is 7.85. The fourth-order valence-electron chi connectivity index (χ4n) is 0.982. The first-order chi connectivity index (χ1) is 5.73. The van der Waals surface area contributed by atoms with Gasteiger partial charge >= 0.3 is 11.0 Å². The third kappa shape index (κ3) is 2.61. The molecular formula is C5H6F6S2. The van der Waals surface area contributed by atoms with Gasteiger partial charge in [-0.3, -0.25) is 0 Å². The van der Waals surface area contributed by atoms with Gasteiger partial charge in [0.15, 0.2) is 0 Å². The van der Waals surface area contributed by atoms with Crippen molar-refractivity contribution in [3.63, 3.8) is 0 Å². The molecule has 1 rings (SSSR count). The minimum Gasteiger partial charge on any atom is -0.160 e. The number of alkyl halides is 6. The fraction of sp³-hybridized carbons (Fsp3) is 1.00. The lowest BCUT2D eigenvalue weighted by Gasteiger charge is -2.15. The van der Waals surface area contributed by atoms with Crippen molar-refractivity contribution in [1.82, 2.24) is 0 Å². The lowest BCUT2D eigenvalue weighted by atomic mass is 10.6. The molecule has 0 aromatic carbocycles. The number of hydrogen-bond acceptors (Lipinski definition) is 0. The van der Waals surface area contributed by atoms with Gasteiger partial charge in [-0.05, 0) is 6.42 Å². The lowest BCUT2D eigenvalue weighted by Crippen LogP contribution is -2.26. The summed E-state index contributed by atoms with van der Waals surface area (Å²) >= 11 is 0. The molecule has 13 heavy (non-hydrogen) atoms. The molecule has 2 atom stereocenters. The molecule has 0 bridgehead atoms. The normalized spacial score (nSPS) is 30.9. The van der Waals surface area contributed by atoms with Crippen LogP contribution in [0.4, 0.5) is 26.3 Å². The molecule has 0 fully saturated rings. The van der Waals surface area contributed by atoms with Crippen molar-refractivity contribution in [3.05, 3.63) is 0 Å². The van der Waals surface area contributed by atoms with E-state index in [9.17, 15) is 26.3 Å². The van der Waals surface area contributed by atoms with Gasteiger partial charge in [0.25, 0.3) is 0 Å². The zero-order valence-corrected chi connectivity index (χ0v) is 7.84. The van der Waals surface area contributed by atoms with Gasteiger partial charge in [0.05, 0.1) is 0 Å². The second kappa shape index (κ2) is 3.45. The smallest absolute Gasteiger partial charge is 0.160 e. The molecule has 0 aliphatic carbocycles. The van der Waals surface area contributed by atoms with Crippen LogP contribution in [0.15, 0.2) is 0 Å². The Morgan fingerprint density at radius 1 is 0.692 bits per heavy atom. The first kappa shape index (κ1) is 11.4. The predicted molar refractivity (Wildman–Crippen MR) is 41.2 cm³/mol. The zero-order chi connectivity index (χ0) is 10.3. The summed E-state index contributed by atoms with van der Waals surface area (Å²) in [6.45, 7) is 0. The molecule has 8 heteroatoms. The van der Waals surface area contributed by atoms with Gasteiger partial charge in [-0.1, -0.05) is 18.9 Å². The summed E-state index contributed by atoms with van der Waals surface area (Å²) in [5.74, 6) is -0.710. The Labute approximate surface area is 74.8 Å². The molecule has 0 nitrogen and oxygen atoms in total. The van der Waals surface area contributed by atoms with Gasteiger partial charge in [-0.25, -0.2) is 0 Å². The van der Waals surface area contributed by atoms with E-state index in [4.69, 9.17) is 0 Å². The average molecular weight is 244 g/mol. The van der Waals surface area contributed by atoms with Crippen LogP contribution in [0, 0.1) is 0 Å². The summed E-state index contributed by atoms with van der Waals surface area (Å²) in [5.41, 5.74) is -9.34. The highest BCUT2D eigenvalue weighted by Gasteiger charge is 2.45. The van der Waals surface area contributed by atoms with Crippen LogP contribution in [-0.2, 0) is 18.9 Å². The minimum absolute atomic E-state index is 0.0330. The SMILES string of the molecule is FC(F)(F)S1=S(C(F)(F)F)CCC1. The standard InChI is InChI=1S/C5H6F6S2/c6-4(7,8)12-2-1-3-13(12)5(9,10)11/h1-3H2. The van der Waals surface area contributed by atoms with E-state index >= 15 is 0 Å². The lowest BCUT2D eigenvalue weighted by molar-refractivity contribution is -0.0393. The Bertz CT molecular complexity index is 212. The zero-order valence-electron chi connectivity index (χ0n) is 6.21. The predicted octanol–water partition coefficient (Wildman–Crippen LogP) is 2.58. The molecule has 1 aliphatic heterocycles. The van der Waals surface area contributed by atoms with Crippen molar-refractivity contribution < 1.29 is 26.3 Å². The molecule has 0 saturated heterocycles. The molecule has 0 spiro atoms. The van der Waals surface area contributed by atoms with E-state index in [0.717, 1.165) is 0 Å². The molecule has 0 aromatic rings. The van der Waals surface area contributed by atoms with E-state index in [-0.39, 0.29) is 17.9 Å². The Balaban J connectivity index is 3.04. The molecule has 0 aromatic heterocycles. The van der Waals surface area contributed by atoms with E-state index in [1.807, 2.05) is 0 Å². The summed E-state index contributed by atoms with van der Waals surface area (Å²) in [4.78, 5) is 0. The molecule has 0 radical (unpaired) electrons. The molecule has 2 unspecified atom stereocenters. The summed E-state index contributed by atoms with van der Waals surface area (Å²) < 4.78 is 72.4. The largest absolute Gasteiger partial charge is 0.441 e. The molecule has 0 amide bonds. The maximum absolute atomic E-state index is 12.1. The molecule has 1 aliphatic rings. The Morgan fingerprint density at radius 3 is 1.23 bits per heavy atom. The monoisotopic (exact) mass is 244 g/mol. The average Bonchev–Trinajstić information content (AvgIpc) is 2.27. The topological polar surface area (TPSA) is 0 Å². The van der Waals surface area contributed by atoms with E-state index in [1.54, 1.807) is 0 Å². The Kier molecular flexibility index (Phi) is 3.01. The summed E-state index contributed by atoms with van der Waals surface area (Å²) in [7, 11) is -4.90. The van der Waals surface area contributed by atoms with Crippen LogP contribution < -0.4 is 0 Å². The van der Waals surface area contributed by atoms with Gasteiger partial charge in [-0.15, -0.1) is 0 Å². The second-order valence-electron chi connectivity index (χ2n) is 2.34. The van der Waals surface area contributed by atoms with Crippen molar-refractivity contribution >= 4 is 18.9 Å². The Hall–Kier alpha value is 0.280. The van der Waals surface area contributed by atoms with Crippen molar-refractivity contribution in [2.45, 2.75) is 17.4 Å².